The zero-order valence-corrected chi connectivity index (χ0v) is 11.4. The zero-order valence-electron chi connectivity index (χ0n) is 10.6. The lowest BCUT2D eigenvalue weighted by Gasteiger charge is -2.29. The number of hydrogen-bond donors (Lipinski definition) is 1. The molecule has 0 amide bonds. The van der Waals surface area contributed by atoms with Crippen LogP contribution in [-0.2, 0) is 0 Å². The second-order valence-corrected chi connectivity index (χ2v) is 5.94. The molecule has 0 aromatic heterocycles. The summed E-state index contributed by atoms with van der Waals surface area (Å²) in [5, 5.41) is 4.70. The molecular weight excluding hydrogens is 202 g/mol. The first kappa shape index (κ1) is 13.4. The van der Waals surface area contributed by atoms with Crippen LogP contribution in [0.4, 0.5) is 0 Å². The highest BCUT2D eigenvalue weighted by atomic mass is 32.2. The van der Waals surface area contributed by atoms with Crippen molar-refractivity contribution in [2.45, 2.75) is 63.7 Å². The smallest absolute Gasteiger partial charge is 0.00679 e. The zero-order chi connectivity index (χ0) is 11.1. The maximum atomic E-state index is 3.76. The third kappa shape index (κ3) is 4.78. The van der Waals surface area contributed by atoms with Crippen LogP contribution in [0.15, 0.2) is 0 Å². The summed E-state index contributed by atoms with van der Waals surface area (Å²) in [7, 11) is 0. The minimum absolute atomic E-state index is 0.814. The third-order valence-electron chi connectivity index (χ3n) is 3.86. The first-order valence-corrected chi connectivity index (χ1v) is 7.85. The highest BCUT2D eigenvalue weighted by Gasteiger charge is 2.20. The summed E-state index contributed by atoms with van der Waals surface area (Å²) in [6.07, 6.45) is 10.5. The van der Waals surface area contributed by atoms with Crippen LogP contribution >= 0.6 is 11.8 Å². The predicted molar refractivity (Wildman–Crippen MR) is 71.6 cm³/mol. The van der Waals surface area contributed by atoms with Crippen molar-refractivity contribution in [3.8, 4) is 0 Å². The second kappa shape index (κ2) is 7.56. The molecule has 0 spiro atoms. The van der Waals surface area contributed by atoms with E-state index in [2.05, 4.69) is 37.2 Å². The Balaban J connectivity index is 2.12. The number of rotatable bonds is 6. The maximum absolute atomic E-state index is 3.76. The molecule has 0 bridgehead atoms. The van der Waals surface area contributed by atoms with E-state index in [4.69, 9.17) is 0 Å². The van der Waals surface area contributed by atoms with E-state index in [1.807, 2.05) is 0 Å². The van der Waals surface area contributed by atoms with Crippen LogP contribution in [-0.4, -0.2) is 24.1 Å². The highest BCUT2D eigenvalue weighted by molar-refractivity contribution is 7.99. The number of hydrogen-bond acceptors (Lipinski definition) is 2. The van der Waals surface area contributed by atoms with Gasteiger partial charge in [-0.2, -0.15) is 11.8 Å². The third-order valence-corrected chi connectivity index (χ3v) is 5.00. The molecule has 0 heterocycles. The minimum Gasteiger partial charge on any atom is -0.314 e. The molecule has 90 valence electrons. The minimum atomic E-state index is 0.814. The normalized spacial score (nSPS) is 27.2. The van der Waals surface area contributed by atoms with Gasteiger partial charge in [0.25, 0.3) is 0 Å². The fraction of sp³-hybridized carbons (Fsp3) is 1.00. The molecule has 0 aromatic carbocycles. The van der Waals surface area contributed by atoms with E-state index in [-0.39, 0.29) is 0 Å². The van der Waals surface area contributed by atoms with Crippen molar-refractivity contribution < 1.29 is 0 Å². The van der Waals surface area contributed by atoms with Gasteiger partial charge in [0.2, 0.25) is 0 Å². The first-order valence-electron chi connectivity index (χ1n) is 6.56. The molecule has 1 aliphatic rings. The summed E-state index contributed by atoms with van der Waals surface area (Å²) < 4.78 is 0. The van der Waals surface area contributed by atoms with Gasteiger partial charge in [-0.3, -0.25) is 0 Å². The maximum Gasteiger partial charge on any atom is 0.00679 e. The Morgan fingerprint density at radius 1 is 1.13 bits per heavy atom. The van der Waals surface area contributed by atoms with Crippen molar-refractivity contribution >= 4 is 11.8 Å². The topological polar surface area (TPSA) is 12.0 Å². The molecular formula is C13H27NS. The van der Waals surface area contributed by atoms with Crippen LogP contribution in [0, 0.1) is 5.92 Å². The number of thioether (sulfide) groups is 1. The van der Waals surface area contributed by atoms with Crippen molar-refractivity contribution in [2.24, 2.45) is 5.92 Å². The van der Waals surface area contributed by atoms with Gasteiger partial charge in [0, 0.05) is 11.3 Å². The molecule has 1 fully saturated rings. The Morgan fingerprint density at radius 3 is 2.20 bits per heavy atom. The molecule has 2 heteroatoms. The molecule has 0 saturated heterocycles. The fourth-order valence-electron chi connectivity index (χ4n) is 2.41. The predicted octanol–water partition coefficient (Wildman–Crippen LogP) is 3.69. The standard InChI is InChI=1S/C13H27NS/c1-4-11(5-2)10-14-12-6-8-13(15-3)9-7-12/h11-14H,4-10H2,1-3H3. The van der Waals surface area contributed by atoms with E-state index in [0.29, 0.717) is 0 Å². The monoisotopic (exact) mass is 229 g/mol. The van der Waals surface area contributed by atoms with Crippen LogP contribution in [0.2, 0.25) is 0 Å². The Hall–Kier alpha value is 0.310. The summed E-state index contributed by atoms with van der Waals surface area (Å²) in [6.45, 7) is 5.85. The van der Waals surface area contributed by atoms with Gasteiger partial charge in [0.15, 0.2) is 0 Å². The number of nitrogens with one attached hydrogen (secondary N) is 1. The van der Waals surface area contributed by atoms with E-state index in [1.54, 1.807) is 0 Å². The fourth-order valence-corrected chi connectivity index (χ4v) is 3.16. The molecule has 1 aliphatic carbocycles. The van der Waals surface area contributed by atoms with Gasteiger partial charge in [-0.15, -0.1) is 0 Å². The molecule has 0 unspecified atom stereocenters. The highest BCUT2D eigenvalue weighted by Crippen LogP contribution is 2.26. The van der Waals surface area contributed by atoms with Crippen LogP contribution in [0.25, 0.3) is 0 Å². The lowest BCUT2D eigenvalue weighted by molar-refractivity contribution is 0.343. The molecule has 1 saturated carbocycles. The van der Waals surface area contributed by atoms with Gasteiger partial charge in [-0.25, -0.2) is 0 Å². The van der Waals surface area contributed by atoms with Crippen molar-refractivity contribution in [2.75, 3.05) is 12.8 Å². The van der Waals surface area contributed by atoms with Gasteiger partial charge < -0.3 is 5.32 Å². The van der Waals surface area contributed by atoms with Crippen molar-refractivity contribution in [3.05, 3.63) is 0 Å². The summed E-state index contributed by atoms with van der Waals surface area (Å²) in [5.74, 6) is 0.892. The van der Waals surface area contributed by atoms with Gasteiger partial charge in [-0.05, 0) is 44.4 Å². The van der Waals surface area contributed by atoms with Crippen LogP contribution in [0.3, 0.4) is 0 Å². The Morgan fingerprint density at radius 2 is 1.73 bits per heavy atom. The molecule has 0 radical (unpaired) electrons. The lowest BCUT2D eigenvalue weighted by Crippen LogP contribution is -2.36. The Kier molecular flexibility index (Phi) is 6.74. The van der Waals surface area contributed by atoms with E-state index in [0.717, 1.165) is 17.2 Å². The van der Waals surface area contributed by atoms with Gasteiger partial charge in [0.05, 0.1) is 0 Å². The van der Waals surface area contributed by atoms with Gasteiger partial charge in [-0.1, -0.05) is 26.7 Å². The first-order chi connectivity index (χ1) is 7.30. The molecule has 15 heavy (non-hydrogen) atoms. The SMILES string of the molecule is CCC(CC)CNC1CCC(SC)CC1. The van der Waals surface area contributed by atoms with Crippen LogP contribution < -0.4 is 5.32 Å². The summed E-state index contributed by atoms with van der Waals surface area (Å²) >= 11 is 2.05. The van der Waals surface area contributed by atoms with Gasteiger partial charge >= 0.3 is 0 Å². The molecule has 1 N–H and O–H groups in total. The van der Waals surface area contributed by atoms with Crippen molar-refractivity contribution in [3.63, 3.8) is 0 Å². The summed E-state index contributed by atoms with van der Waals surface area (Å²) in [5.41, 5.74) is 0. The molecule has 1 rings (SSSR count). The van der Waals surface area contributed by atoms with E-state index in [1.165, 1.54) is 45.1 Å². The van der Waals surface area contributed by atoms with E-state index < -0.39 is 0 Å². The van der Waals surface area contributed by atoms with Crippen LogP contribution in [0.5, 0.6) is 0 Å². The summed E-state index contributed by atoms with van der Waals surface area (Å²) in [6, 6.07) is 0.814. The molecule has 0 atom stereocenters. The van der Waals surface area contributed by atoms with Crippen LogP contribution in [0.1, 0.15) is 52.4 Å². The largest absolute Gasteiger partial charge is 0.314 e. The van der Waals surface area contributed by atoms with Crippen molar-refractivity contribution in [1.29, 1.82) is 0 Å². The van der Waals surface area contributed by atoms with E-state index in [9.17, 15) is 0 Å². The van der Waals surface area contributed by atoms with Crippen molar-refractivity contribution in [1.82, 2.24) is 5.32 Å². The van der Waals surface area contributed by atoms with E-state index >= 15 is 0 Å². The average Bonchev–Trinajstić information content (AvgIpc) is 2.31. The second-order valence-electron chi connectivity index (χ2n) is 4.80. The molecule has 1 nitrogen and oxygen atoms in total. The quantitative estimate of drug-likeness (QED) is 0.745. The lowest BCUT2D eigenvalue weighted by atomic mass is 9.94. The summed E-state index contributed by atoms with van der Waals surface area (Å²) in [4.78, 5) is 0. The Bertz CT molecular complexity index is 149. The Labute approximate surface area is 99.8 Å². The molecule has 0 aliphatic heterocycles. The average molecular weight is 229 g/mol. The molecule has 0 aromatic rings. The van der Waals surface area contributed by atoms with Gasteiger partial charge in [0.1, 0.15) is 0 Å².